The zero-order valence-electron chi connectivity index (χ0n) is 13.5. The molecule has 7 nitrogen and oxygen atoms in total. The fraction of sp³-hybridized carbons (Fsp3) is 0.533. The molecule has 1 saturated heterocycles. The maximum absolute atomic E-state index is 12.6. The minimum Gasteiger partial charge on any atom is -0.481 e. The van der Waals surface area contributed by atoms with E-state index >= 15 is 0 Å². The number of rotatable bonds is 5. The summed E-state index contributed by atoms with van der Waals surface area (Å²) >= 11 is 0. The summed E-state index contributed by atoms with van der Waals surface area (Å²) in [5.41, 5.74) is 0.364. The van der Waals surface area contributed by atoms with Gasteiger partial charge in [0.05, 0.1) is 16.6 Å². The first-order chi connectivity index (χ1) is 11.0. The van der Waals surface area contributed by atoms with Crippen LogP contribution in [0.1, 0.15) is 18.9 Å². The van der Waals surface area contributed by atoms with Gasteiger partial charge in [0.2, 0.25) is 10.0 Å². The van der Waals surface area contributed by atoms with Crippen LogP contribution < -0.4 is 0 Å². The third-order valence-electron chi connectivity index (χ3n) is 4.04. The predicted molar refractivity (Wildman–Crippen MR) is 88.7 cm³/mol. The standard InChI is InChI=1S/C15H21NO6S2/c1-11-6-13(15(17)18)9-16(8-11)24(21,22)10-12-4-3-5-14(7-12)23(2,19)20/h3-5,7,11,13H,6,8-10H2,1-2H3,(H,17,18). The smallest absolute Gasteiger partial charge is 0.307 e. The molecule has 1 aromatic carbocycles. The van der Waals surface area contributed by atoms with Gasteiger partial charge in [0, 0.05) is 19.3 Å². The minimum absolute atomic E-state index is 0.0445. The number of piperidine rings is 1. The van der Waals surface area contributed by atoms with E-state index in [2.05, 4.69) is 0 Å². The molecule has 2 atom stereocenters. The summed E-state index contributed by atoms with van der Waals surface area (Å²) in [4.78, 5) is 11.3. The number of sulfone groups is 1. The first-order valence-electron chi connectivity index (χ1n) is 7.48. The van der Waals surface area contributed by atoms with Crippen molar-refractivity contribution < 1.29 is 26.7 Å². The quantitative estimate of drug-likeness (QED) is 0.821. The van der Waals surface area contributed by atoms with Crippen molar-refractivity contribution in [3.05, 3.63) is 29.8 Å². The van der Waals surface area contributed by atoms with Gasteiger partial charge in [-0.15, -0.1) is 0 Å². The highest BCUT2D eigenvalue weighted by atomic mass is 32.2. The van der Waals surface area contributed by atoms with Crippen LogP contribution in [0, 0.1) is 11.8 Å². The maximum Gasteiger partial charge on any atom is 0.307 e. The summed E-state index contributed by atoms with van der Waals surface area (Å²) in [6.07, 6.45) is 1.51. The number of hydrogen-bond acceptors (Lipinski definition) is 5. The molecular weight excluding hydrogens is 354 g/mol. The second kappa shape index (κ2) is 6.81. The van der Waals surface area contributed by atoms with E-state index in [0.717, 1.165) is 6.26 Å². The van der Waals surface area contributed by atoms with Gasteiger partial charge in [-0.25, -0.2) is 21.1 Å². The molecule has 0 saturated carbocycles. The van der Waals surface area contributed by atoms with Crippen LogP contribution in [0.2, 0.25) is 0 Å². The highest BCUT2D eigenvalue weighted by molar-refractivity contribution is 7.90. The lowest BCUT2D eigenvalue weighted by Crippen LogP contribution is -2.45. The highest BCUT2D eigenvalue weighted by Gasteiger charge is 2.35. The van der Waals surface area contributed by atoms with Crippen LogP contribution in [0.15, 0.2) is 29.2 Å². The molecule has 0 spiro atoms. The van der Waals surface area contributed by atoms with Gasteiger partial charge in [-0.2, -0.15) is 0 Å². The van der Waals surface area contributed by atoms with Gasteiger partial charge in [0.1, 0.15) is 0 Å². The Morgan fingerprint density at radius 3 is 2.50 bits per heavy atom. The van der Waals surface area contributed by atoms with Crippen LogP contribution in [0.4, 0.5) is 0 Å². The summed E-state index contributed by atoms with van der Waals surface area (Å²) in [5, 5.41) is 9.17. The predicted octanol–water partition coefficient (Wildman–Crippen LogP) is 0.963. The summed E-state index contributed by atoms with van der Waals surface area (Å²) in [6.45, 7) is 2.05. The summed E-state index contributed by atoms with van der Waals surface area (Å²) in [5.74, 6) is -2.11. The molecule has 0 aliphatic carbocycles. The van der Waals surface area contributed by atoms with E-state index in [0.29, 0.717) is 12.0 Å². The molecule has 2 rings (SSSR count). The van der Waals surface area contributed by atoms with Crippen molar-refractivity contribution in [2.45, 2.75) is 24.0 Å². The summed E-state index contributed by atoms with van der Waals surface area (Å²) in [7, 11) is -7.14. The Labute approximate surface area is 142 Å². The van der Waals surface area contributed by atoms with Crippen molar-refractivity contribution in [1.82, 2.24) is 4.31 Å². The third kappa shape index (κ3) is 4.55. The normalized spacial score (nSPS) is 23.1. The van der Waals surface area contributed by atoms with Crippen LogP contribution >= 0.6 is 0 Å². The molecular formula is C15H21NO6S2. The van der Waals surface area contributed by atoms with Gasteiger partial charge in [-0.3, -0.25) is 4.79 Å². The lowest BCUT2D eigenvalue weighted by atomic mass is 9.92. The van der Waals surface area contributed by atoms with Crippen LogP contribution in [0.5, 0.6) is 0 Å². The summed E-state index contributed by atoms with van der Waals surface area (Å²) < 4.78 is 49.6. The lowest BCUT2D eigenvalue weighted by Gasteiger charge is -2.33. The summed E-state index contributed by atoms with van der Waals surface area (Å²) in [6, 6.07) is 5.80. The first-order valence-corrected chi connectivity index (χ1v) is 11.0. The largest absolute Gasteiger partial charge is 0.481 e. The zero-order chi connectivity index (χ0) is 18.1. The van der Waals surface area contributed by atoms with Crippen LogP contribution in [0.3, 0.4) is 0 Å². The van der Waals surface area contributed by atoms with E-state index in [1.54, 1.807) is 6.07 Å². The van der Waals surface area contributed by atoms with Gasteiger partial charge >= 0.3 is 5.97 Å². The van der Waals surface area contributed by atoms with Gasteiger partial charge < -0.3 is 5.11 Å². The van der Waals surface area contributed by atoms with Crippen LogP contribution in [-0.2, 0) is 30.4 Å². The number of sulfonamides is 1. The van der Waals surface area contributed by atoms with E-state index in [9.17, 15) is 21.6 Å². The molecule has 1 aliphatic rings. The van der Waals surface area contributed by atoms with Gasteiger partial charge in [0.15, 0.2) is 9.84 Å². The average molecular weight is 375 g/mol. The number of carbonyl (C=O) groups is 1. The molecule has 0 radical (unpaired) electrons. The Morgan fingerprint density at radius 2 is 1.92 bits per heavy atom. The Bertz CT molecular complexity index is 831. The molecule has 1 heterocycles. The highest BCUT2D eigenvalue weighted by Crippen LogP contribution is 2.25. The maximum atomic E-state index is 12.6. The molecule has 134 valence electrons. The molecule has 0 bridgehead atoms. The van der Waals surface area contributed by atoms with E-state index < -0.39 is 31.7 Å². The molecule has 2 unspecified atom stereocenters. The fourth-order valence-corrected chi connectivity index (χ4v) is 5.24. The Hall–Kier alpha value is -1.45. The van der Waals surface area contributed by atoms with Crippen molar-refractivity contribution in [3.63, 3.8) is 0 Å². The number of aliphatic carboxylic acids is 1. The lowest BCUT2D eigenvalue weighted by molar-refractivity contribution is -0.143. The molecule has 0 amide bonds. The number of hydrogen-bond donors (Lipinski definition) is 1. The molecule has 24 heavy (non-hydrogen) atoms. The van der Waals surface area contributed by atoms with Crippen molar-refractivity contribution in [3.8, 4) is 0 Å². The van der Waals surface area contributed by atoms with E-state index in [1.165, 1.54) is 22.5 Å². The average Bonchev–Trinajstić information content (AvgIpc) is 2.45. The Balaban J connectivity index is 2.23. The number of carboxylic acids is 1. The first kappa shape index (κ1) is 18.9. The van der Waals surface area contributed by atoms with Crippen molar-refractivity contribution in [2.75, 3.05) is 19.3 Å². The number of nitrogens with zero attached hydrogens (tertiary/aromatic N) is 1. The van der Waals surface area contributed by atoms with Crippen molar-refractivity contribution in [2.24, 2.45) is 11.8 Å². The monoisotopic (exact) mass is 375 g/mol. The molecule has 0 aromatic heterocycles. The second-order valence-corrected chi connectivity index (χ2v) is 10.4. The molecule has 1 fully saturated rings. The van der Waals surface area contributed by atoms with Crippen molar-refractivity contribution >= 4 is 25.8 Å². The van der Waals surface area contributed by atoms with Crippen LogP contribution in [-0.4, -0.2) is 51.6 Å². The molecule has 1 aliphatic heterocycles. The number of carboxylic acid groups (broad SMARTS) is 1. The van der Waals surface area contributed by atoms with Gasteiger partial charge in [0.25, 0.3) is 0 Å². The van der Waals surface area contributed by atoms with Crippen LogP contribution in [0.25, 0.3) is 0 Å². The van der Waals surface area contributed by atoms with Gasteiger partial charge in [-0.1, -0.05) is 19.1 Å². The SMILES string of the molecule is CC1CC(C(=O)O)CN(S(=O)(=O)Cc2cccc(S(C)(=O)=O)c2)C1. The van der Waals surface area contributed by atoms with Gasteiger partial charge in [-0.05, 0) is 30.0 Å². The molecule has 1 N–H and O–H groups in total. The topological polar surface area (TPSA) is 109 Å². The van der Waals surface area contributed by atoms with Crippen molar-refractivity contribution in [1.29, 1.82) is 0 Å². The fourth-order valence-electron chi connectivity index (χ4n) is 2.88. The molecule has 1 aromatic rings. The zero-order valence-corrected chi connectivity index (χ0v) is 15.2. The number of benzene rings is 1. The molecule has 9 heteroatoms. The Kier molecular flexibility index (Phi) is 5.36. The van der Waals surface area contributed by atoms with E-state index in [4.69, 9.17) is 5.11 Å². The second-order valence-electron chi connectivity index (χ2n) is 6.37. The van der Waals surface area contributed by atoms with E-state index in [-0.39, 0.29) is 29.7 Å². The third-order valence-corrected chi connectivity index (χ3v) is 6.94. The minimum atomic E-state index is -3.72. The Morgan fingerprint density at radius 1 is 1.25 bits per heavy atom. The van der Waals surface area contributed by atoms with E-state index in [1.807, 2.05) is 6.92 Å².